The number of thioether (sulfide) groups is 1. The second-order valence-corrected chi connectivity index (χ2v) is 9.18. The fourth-order valence-electron chi connectivity index (χ4n) is 3.77. The van der Waals surface area contributed by atoms with E-state index in [4.69, 9.17) is 14.2 Å². The predicted octanol–water partition coefficient (Wildman–Crippen LogP) is 4.11. The number of carbonyl (C=O) groups excluding carboxylic acids is 1. The van der Waals surface area contributed by atoms with Crippen LogP contribution in [0, 0.1) is 5.82 Å². The summed E-state index contributed by atoms with van der Waals surface area (Å²) in [5, 5.41) is 11.8. The molecule has 1 N–H and O–H groups in total. The molecule has 2 aromatic carbocycles. The van der Waals surface area contributed by atoms with Gasteiger partial charge in [0.15, 0.2) is 22.5 Å². The van der Waals surface area contributed by atoms with E-state index < -0.39 is 5.25 Å². The Bertz CT molecular complexity index is 1150. The number of anilines is 1. The second kappa shape index (κ2) is 9.40. The summed E-state index contributed by atoms with van der Waals surface area (Å²) in [6, 6.07) is 11.4. The number of halogens is 1. The molecule has 5 rings (SSSR count). The van der Waals surface area contributed by atoms with Gasteiger partial charge in [0, 0.05) is 23.9 Å². The number of hydrogen-bond acceptors (Lipinski definition) is 7. The number of rotatable bonds is 7. The molecule has 0 unspecified atom stereocenters. The van der Waals surface area contributed by atoms with Gasteiger partial charge in [-0.3, -0.25) is 9.36 Å². The maximum Gasteiger partial charge on any atom is 0.237 e. The Morgan fingerprint density at radius 3 is 2.82 bits per heavy atom. The molecule has 1 amide bonds. The summed E-state index contributed by atoms with van der Waals surface area (Å²) in [7, 11) is 0. The SMILES string of the molecule is C[C@H](Sc1nnc(-c2ccc(F)cc2)n1C[C@@H]1CCCO1)C(=O)Nc1ccc2c(c1)OCO2. The molecule has 3 aromatic rings. The van der Waals surface area contributed by atoms with Gasteiger partial charge in [0.1, 0.15) is 5.82 Å². The first-order chi connectivity index (χ1) is 16.1. The fraction of sp³-hybridized carbons (Fsp3) is 0.348. The average Bonchev–Trinajstić information content (AvgIpc) is 3.57. The molecule has 172 valence electrons. The summed E-state index contributed by atoms with van der Waals surface area (Å²) in [6.07, 6.45) is 2.01. The number of hydrogen-bond donors (Lipinski definition) is 1. The Morgan fingerprint density at radius 1 is 1.21 bits per heavy atom. The lowest BCUT2D eigenvalue weighted by Crippen LogP contribution is -2.23. The summed E-state index contributed by atoms with van der Waals surface area (Å²) < 4.78 is 31.9. The maximum atomic E-state index is 13.4. The zero-order chi connectivity index (χ0) is 22.8. The summed E-state index contributed by atoms with van der Waals surface area (Å²) in [6.45, 7) is 3.29. The Kier molecular flexibility index (Phi) is 6.19. The summed E-state index contributed by atoms with van der Waals surface area (Å²) in [4.78, 5) is 12.9. The number of carbonyl (C=O) groups is 1. The van der Waals surface area contributed by atoms with Gasteiger partial charge in [-0.05, 0) is 56.2 Å². The predicted molar refractivity (Wildman–Crippen MR) is 121 cm³/mol. The first-order valence-corrected chi connectivity index (χ1v) is 11.6. The number of fused-ring (bicyclic) bond motifs is 1. The lowest BCUT2D eigenvalue weighted by atomic mass is 10.2. The normalized spacial score (nSPS) is 17.8. The van der Waals surface area contributed by atoms with E-state index in [2.05, 4.69) is 15.5 Å². The molecular formula is C23H23FN4O4S. The molecule has 0 radical (unpaired) electrons. The van der Waals surface area contributed by atoms with Crippen LogP contribution in [0.4, 0.5) is 10.1 Å². The van der Waals surface area contributed by atoms with Crippen molar-refractivity contribution in [1.82, 2.24) is 14.8 Å². The average molecular weight is 471 g/mol. The van der Waals surface area contributed by atoms with Gasteiger partial charge >= 0.3 is 0 Å². The summed E-state index contributed by atoms with van der Waals surface area (Å²) in [5.41, 5.74) is 1.38. The van der Waals surface area contributed by atoms with Gasteiger partial charge in [-0.1, -0.05) is 11.8 Å². The number of benzene rings is 2. The molecule has 10 heteroatoms. The van der Waals surface area contributed by atoms with Crippen LogP contribution in [0.5, 0.6) is 11.5 Å². The minimum Gasteiger partial charge on any atom is -0.454 e. The zero-order valence-electron chi connectivity index (χ0n) is 18.0. The Morgan fingerprint density at radius 2 is 2.03 bits per heavy atom. The van der Waals surface area contributed by atoms with E-state index in [-0.39, 0.29) is 24.6 Å². The number of nitrogens with zero attached hydrogens (tertiary/aromatic N) is 3. The molecule has 2 aliphatic heterocycles. The Labute approximate surface area is 194 Å². The monoisotopic (exact) mass is 470 g/mol. The Balaban J connectivity index is 1.34. The van der Waals surface area contributed by atoms with Crippen molar-refractivity contribution in [3.05, 3.63) is 48.3 Å². The van der Waals surface area contributed by atoms with Gasteiger partial charge in [-0.2, -0.15) is 0 Å². The van der Waals surface area contributed by atoms with Crippen LogP contribution in [0.15, 0.2) is 47.6 Å². The maximum absolute atomic E-state index is 13.4. The van der Waals surface area contributed by atoms with E-state index in [0.29, 0.717) is 34.7 Å². The number of amides is 1. The van der Waals surface area contributed by atoms with Crippen molar-refractivity contribution in [3.8, 4) is 22.9 Å². The van der Waals surface area contributed by atoms with Crippen LogP contribution >= 0.6 is 11.8 Å². The van der Waals surface area contributed by atoms with Crippen molar-refractivity contribution in [2.24, 2.45) is 0 Å². The van der Waals surface area contributed by atoms with Gasteiger partial charge < -0.3 is 19.5 Å². The molecule has 0 saturated carbocycles. The molecule has 2 aliphatic rings. The number of aromatic nitrogens is 3. The molecule has 2 atom stereocenters. The van der Waals surface area contributed by atoms with E-state index in [1.165, 1.54) is 23.9 Å². The van der Waals surface area contributed by atoms with Crippen molar-refractivity contribution in [1.29, 1.82) is 0 Å². The van der Waals surface area contributed by atoms with Crippen LogP contribution in [0.1, 0.15) is 19.8 Å². The summed E-state index contributed by atoms with van der Waals surface area (Å²) >= 11 is 1.32. The van der Waals surface area contributed by atoms with Crippen LogP contribution in [0.25, 0.3) is 11.4 Å². The van der Waals surface area contributed by atoms with Crippen LogP contribution in [0.2, 0.25) is 0 Å². The molecule has 0 bridgehead atoms. The van der Waals surface area contributed by atoms with Gasteiger partial charge in [0.05, 0.1) is 17.9 Å². The Hall–Kier alpha value is -3.11. The third-order valence-electron chi connectivity index (χ3n) is 5.52. The molecule has 0 aliphatic carbocycles. The third kappa shape index (κ3) is 4.81. The van der Waals surface area contributed by atoms with Crippen LogP contribution in [-0.4, -0.2) is 45.4 Å². The molecule has 1 fully saturated rings. The highest BCUT2D eigenvalue weighted by molar-refractivity contribution is 8.00. The van der Waals surface area contributed by atoms with Gasteiger partial charge in [0.25, 0.3) is 0 Å². The van der Waals surface area contributed by atoms with Crippen molar-refractivity contribution in [2.45, 2.75) is 42.8 Å². The standard InChI is InChI=1S/C23H23FN4O4S/c1-14(22(29)25-17-8-9-19-20(11-17)32-13-31-19)33-23-27-26-21(15-4-6-16(24)7-5-15)28(23)12-18-3-2-10-30-18/h4-9,11,14,18H,2-3,10,12-13H2,1H3,(H,25,29)/t14-,18-/m0/s1. The van der Waals surface area contributed by atoms with E-state index >= 15 is 0 Å². The minimum absolute atomic E-state index is 0.0531. The molecule has 33 heavy (non-hydrogen) atoms. The van der Waals surface area contributed by atoms with Crippen LogP contribution in [-0.2, 0) is 16.1 Å². The highest BCUT2D eigenvalue weighted by Gasteiger charge is 2.25. The highest BCUT2D eigenvalue weighted by atomic mass is 32.2. The number of ether oxygens (including phenoxy) is 3. The lowest BCUT2D eigenvalue weighted by Gasteiger charge is -2.16. The van der Waals surface area contributed by atoms with Crippen LogP contribution < -0.4 is 14.8 Å². The largest absolute Gasteiger partial charge is 0.454 e. The zero-order valence-corrected chi connectivity index (χ0v) is 18.8. The quantitative estimate of drug-likeness (QED) is 0.520. The topological polar surface area (TPSA) is 87.5 Å². The first-order valence-electron chi connectivity index (χ1n) is 10.7. The molecule has 1 aromatic heterocycles. The smallest absolute Gasteiger partial charge is 0.237 e. The minimum atomic E-state index is -0.441. The van der Waals surface area contributed by atoms with E-state index in [0.717, 1.165) is 25.0 Å². The fourth-order valence-corrected chi connectivity index (χ4v) is 4.63. The van der Waals surface area contributed by atoms with E-state index in [1.807, 2.05) is 11.5 Å². The van der Waals surface area contributed by atoms with E-state index in [1.54, 1.807) is 30.3 Å². The molecule has 3 heterocycles. The van der Waals surface area contributed by atoms with Gasteiger partial charge in [-0.25, -0.2) is 4.39 Å². The second-order valence-electron chi connectivity index (χ2n) is 7.88. The molecule has 0 spiro atoms. The van der Waals surface area contributed by atoms with E-state index in [9.17, 15) is 9.18 Å². The summed E-state index contributed by atoms with van der Waals surface area (Å²) in [5.74, 6) is 1.40. The van der Waals surface area contributed by atoms with Gasteiger partial charge in [-0.15, -0.1) is 10.2 Å². The van der Waals surface area contributed by atoms with Crippen molar-refractivity contribution >= 4 is 23.4 Å². The van der Waals surface area contributed by atoms with Crippen molar-refractivity contribution in [3.63, 3.8) is 0 Å². The highest BCUT2D eigenvalue weighted by Crippen LogP contribution is 2.35. The van der Waals surface area contributed by atoms with Crippen molar-refractivity contribution in [2.75, 3.05) is 18.7 Å². The van der Waals surface area contributed by atoms with Crippen LogP contribution in [0.3, 0.4) is 0 Å². The van der Waals surface area contributed by atoms with Gasteiger partial charge in [0.2, 0.25) is 12.7 Å². The number of nitrogens with one attached hydrogen (secondary N) is 1. The molecule has 1 saturated heterocycles. The third-order valence-corrected chi connectivity index (χ3v) is 6.60. The lowest BCUT2D eigenvalue weighted by molar-refractivity contribution is -0.115. The first kappa shape index (κ1) is 21.7. The van der Waals surface area contributed by atoms with Crippen molar-refractivity contribution < 1.29 is 23.4 Å². The molecular weight excluding hydrogens is 447 g/mol. The molecule has 8 nitrogen and oxygen atoms in total.